The zero-order chi connectivity index (χ0) is 17.0. The molecule has 2 aromatic rings. The number of pyridine rings is 1. The Balaban J connectivity index is 2.22. The first kappa shape index (κ1) is 16.2. The van der Waals surface area contributed by atoms with Gasteiger partial charge in [-0.2, -0.15) is 0 Å². The number of carbonyl (C=O) groups is 1. The van der Waals surface area contributed by atoms with Crippen LogP contribution in [0.5, 0.6) is 11.5 Å². The van der Waals surface area contributed by atoms with E-state index in [4.69, 9.17) is 9.47 Å². The number of anilines is 1. The summed E-state index contributed by atoms with van der Waals surface area (Å²) in [6, 6.07) is 6.17. The van der Waals surface area contributed by atoms with Gasteiger partial charge in [0, 0.05) is 11.1 Å². The molecule has 0 atom stereocenters. The highest BCUT2D eigenvalue weighted by Gasteiger charge is 2.15. The third-order valence-corrected chi connectivity index (χ3v) is 3.17. The van der Waals surface area contributed by atoms with Crippen LogP contribution in [-0.4, -0.2) is 30.0 Å². The van der Waals surface area contributed by atoms with Crippen molar-refractivity contribution in [2.24, 2.45) is 0 Å². The quantitative estimate of drug-likeness (QED) is 0.671. The number of benzene rings is 1. The minimum atomic E-state index is -0.526. The first-order valence-electron chi connectivity index (χ1n) is 6.60. The van der Waals surface area contributed by atoms with Gasteiger partial charge in [0.25, 0.3) is 11.6 Å². The Hall–Kier alpha value is -3.16. The number of ether oxygens (including phenoxy) is 2. The Bertz CT molecular complexity index is 761. The summed E-state index contributed by atoms with van der Waals surface area (Å²) < 4.78 is 10.3. The molecule has 8 nitrogen and oxygen atoms in total. The first-order chi connectivity index (χ1) is 11.0. The summed E-state index contributed by atoms with van der Waals surface area (Å²) in [5.74, 6) is 0.751. The number of amides is 1. The number of nitrogens with one attached hydrogen (secondary N) is 1. The number of aromatic nitrogens is 1. The van der Waals surface area contributed by atoms with E-state index < -0.39 is 10.8 Å². The number of nitro groups is 1. The van der Waals surface area contributed by atoms with E-state index >= 15 is 0 Å². The molecule has 1 N–H and O–H groups in total. The molecule has 1 heterocycles. The number of carbonyl (C=O) groups excluding carboxylic acids is 1. The van der Waals surface area contributed by atoms with Crippen LogP contribution in [0.1, 0.15) is 15.9 Å². The molecule has 0 radical (unpaired) electrons. The highest BCUT2D eigenvalue weighted by molar-refractivity contribution is 6.04. The van der Waals surface area contributed by atoms with Gasteiger partial charge in [0.1, 0.15) is 12.0 Å². The summed E-state index contributed by atoms with van der Waals surface area (Å²) in [4.78, 5) is 26.3. The van der Waals surface area contributed by atoms with Crippen LogP contribution >= 0.6 is 0 Å². The Labute approximate surface area is 132 Å². The van der Waals surface area contributed by atoms with Crippen LogP contribution in [0.4, 0.5) is 11.5 Å². The topological polar surface area (TPSA) is 104 Å². The molecule has 0 aliphatic carbocycles. The number of nitrogens with zero attached hydrogens (tertiary/aromatic N) is 2. The molecule has 1 amide bonds. The lowest BCUT2D eigenvalue weighted by molar-refractivity contribution is -0.385. The van der Waals surface area contributed by atoms with Crippen molar-refractivity contribution >= 4 is 17.4 Å². The number of methoxy groups -OCH3 is 2. The molecule has 0 unspecified atom stereocenters. The lowest BCUT2D eigenvalue weighted by atomic mass is 10.2. The molecule has 120 valence electrons. The fourth-order valence-corrected chi connectivity index (χ4v) is 1.97. The summed E-state index contributed by atoms with van der Waals surface area (Å²) >= 11 is 0. The van der Waals surface area contributed by atoms with Crippen molar-refractivity contribution < 1.29 is 19.2 Å². The smallest absolute Gasteiger partial charge is 0.290 e. The first-order valence-corrected chi connectivity index (χ1v) is 6.60. The minimum absolute atomic E-state index is 0.103. The van der Waals surface area contributed by atoms with E-state index in [1.807, 2.05) is 0 Å². The second-order valence-electron chi connectivity index (χ2n) is 4.64. The SMILES string of the molecule is COc1ccc(C(=O)Nc2cc(C)c([N+](=O)[O-])cn2)cc1OC. The summed E-state index contributed by atoms with van der Waals surface area (Å²) in [5.41, 5.74) is 0.655. The van der Waals surface area contributed by atoms with Crippen LogP contribution in [0.25, 0.3) is 0 Å². The lowest BCUT2D eigenvalue weighted by Crippen LogP contribution is -2.13. The molecule has 0 fully saturated rings. The predicted octanol–water partition coefficient (Wildman–Crippen LogP) is 2.57. The maximum atomic E-state index is 12.2. The third kappa shape index (κ3) is 3.54. The average Bonchev–Trinajstić information content (AvgIpc) is 2.53. The third-order valence-electron chi connectivity index (χ3n) is 3.17. The fourth-order valence-electron chi connectivity index (χ4n) is 1.97. The summed E-state index contributed by atoms with van der Waals surface area (Å²) in [6.07, 6.45) is 1.11. The molecule has 0 aliphatic heterocycles. The molecule has 23 heavy (non-hydrogen) atoms. The summed E-state index contributed by atoms with van der Waals surface area (Å²) in [6.45, 7) is 1.58. The largest absolute Gasteiger partial charge is 0.493 e. The van der Waals surface area contributed by atoms with Crippen molar-refractivity contribution in [3.05, 3.63) is 51.7 Å². The van der Waals surface area contributed by atoms with Crippen LogP contribution in [0.3, 0.4) is 0 Å². The molecule has 0 saturated heterocycles. The zero-order valence-corrected chi connectivity index (χ0v) is 12.8. The van der Waals surface area contributed by atoms with Crippen LogP contribution in [0.2, 0.25) is 0 Å². The molecular formula is C15H15N3O5. The Morgan fingerprint density at radius 1 is 1.22 bits per heavy atom. The normalized spacial score (nSPS) is 10.0. The van der Waals surface area contributed by atoms with Gasteiger partial charge in [0.2, 0.25) is 0 Å². The van der Waals surface area contributed by atoms with Gasteiger partial charge in [-0.3, -0.25) is 14.9 Å². The van der Waals surface area contributed by atoms with Gasteiger partial charge in [0.15, 0.2) is 11.5 Å². The van der Waals surface area contributed by atoms with Crippen LogP contribution in [0.15, 0.2) is 30.5 Å². The highest BCUT2D eigenvalue weighted by atomic mass is 16.6. The Kier molecular flexibility index (Phi) is 4.75. The molecular weight excluding hydrogens is 302 g/mol. The molecule has 1 aromatic carbocycles. The molecule has 1 aromatic heterocycles. The Morgan fingerprint density at radius 2 is 1.91 bits per heavy atom. The number of hydrogen-bond donors (Lipinski definition) is 1. The van der Waals surface area contributed by atoms with E-state index in [2.05, 4.69) is 10.3 Å². The highest BCUT2D eigenvalue weighted by Crippen LogP contribution is 2.28. The van der Waals surface area contributed by atoms with E-state index in [1.165, 1.54) is 26.4 Å². The Morgan fingerprint density at radius 3 is 2.48 bits per heavy atom. The summed E-state index contributed by atoms with van der Waals surface area (Å²) in [5, 5.41) is 13.3. The maximum Gasteiger partial charge on any atom is 0.290 e. The predicted molar refractivity (Wildman–Crippen MR) is 83.1 cm³/mol. The molecule has 0 spiro atoms. The second-order valence-corrected chi connectivity index (χ2v) is 4.64. The van der Waals surface area contributed by atoms with E-state index in [-0.39, 0.29) is 11.5 Å². The van der Waals surface area contributed by atoms with Gasteiger partial charge in [-0.05, 0) is 31.2 Å². The fraction of sp³-hybridized carbons (Fsp3) is 0.200. The standard InChI is InChI=1S/C15H15N3O5/c1-9-6-14(16-8-11(9)18(20)21)17-15(19)10-4-5-12(22-2)13(7-10)23-3/h4-8H,1-3H3,(H,16,17,19). The van der Waals surface area contributed by atoms with Crippen LogP contribution in [0, 0.1) is 17.0 Å². The molecule has 0 aliphatic rings. The van der Waals surface area contributed by atoms with Crippen molar-refractivity contribution in [3.63, 3.8) is 0 Å². The van der Waals surface area contributed by atoms with Gasteiger partial charge in [-0.1, -0.05) is 0 Å². The number of aryl methyl sites for hydroxylation is 1. The van der Waals surface area contributed by atoms with Gasteiger partial charge >= 0.3 is 0 Å². The van der Waals surface area contributed by atoms with Crippen molar-refractivity contribution in [1.82, 2.24) is 4.98 Å². The molecule has 8 heteroatoms. The van der Waals surface area contributed by atoms with Crippen LogP contribution in [-0.2, 0) is 0 Å². The van der Waals surface area contributed by atoms with Crippen molar-refractivity contribution in [2.75, 3.05) is 19.5 Å². The van der Waals surface area contributed by atoms with Gasteiger partial charge in [-0.25, -0.2) is 4.98 Å². The van der Waals surface area contributed by atoms with E-state index in [0.717, 1.165) is 6.20 Å². The average molecular weight is 317 g/mol. The monoisotopic (exact) mass is 317 g/mol. The van der Waals surface area contributed by atoms with Crippen molar-refractivity contribution in [3.8, 4) is 11.5 Å². The minimum Gasteiger partial charge on any atom is -0.493 e. The van der Waals surface area contributed by atoms with E-state index in [9.17, 15) is 14.9 Å². The van der Waals surface area contributed by atoms with E-state index in [1.54, 1.807) is 19.1 Å². The van der Waals surface area contributed by atoms with Gasteiger partial charge in [-0.15, -0.1) is 0 Å². The van der Waals surface area contributed by atoms with Crippen molar-refractivity contribution in [1.29, 1.82) is 0 Å². The molecule has 0 saturated carbocycles. The maximum absolute atomic E-state index is 12.2. The lowest BCUT2D eigenvalue weighted by Gasteiger charge is -2.10. The molecule has 0 bridgehead atoms. The van der Waals surface area contributed by atoms with Crippen LogP contribution < -0.4 is 14.8 Å². The van der Waals surface area contributed by atoms with Gasteiger partial charge in [0.05, 0.1) is 19.1 Å². The zero-order valence-electron chi connectivity index (χ0n) is 12.8. The van der Waals surface area contributed by atoms with Gasteiger partial charge < -0.3 is 14.8 Å². The number of rotatable bonds is 5. The number of hydrogen-bond acceptors (Lipinski definition) is 6. The molecule has 2 rings (SSSR count). The van der Waals surface area contributed by atoms with Crippen molar-refractivity contribution in [2.45, 2.75) is 6.92 Å². The summed E-state index contributed by atoms with van der Waals surface area (Å²) in [7, 11) is 2.97. The van der Waals surface area contributed by atoms with E-state index in [0.29, 0.717) is 22.6 Å². The second kappa shape index (κ2) is 6.73.